The number of benzene rings is 2. The van der Waals surface area contributed by atoms with Crippen molar-refractivity contribution < 1.29 is 28.5 Å². The van der Waals surface area contributed by atoms with Crippen LogP contribution in [0.3, 0.4) is 0 Å². The summed E-state index contributed by atoms with van der Waals surface area (Å²) in [6.45, 7) is 5.30. The van der Waals surface area contributed by atoms with Crippen LogP contribution in [0.5, 0.6) is 11.5 Å². The number of esters is 2. The van der Waals surface area contributed by atoms with Gasteiger partial charge in [0.05, 0.1) is 19.2 Å². The standard InChI is InChI=1S/C39H42ClN3O6S/c1-24-20-41-22-31(40)29(24)19-33(27-8-10-32(46-2)34(18-27)47-3)48-37(44)36-11-9-28(50-36)21-42-39(15-12-25-6-4-5-7-30(25)39)38(45)49-35-23-43-16-13-26(35)14-17-43/h4-11,18,20,22,26,33,35,42H,12-17,19,21,23H2,1-3H3/t33-,35-,39?/m0/s1. The van der Waals surface area contributed by atoms with E-state index in [0.717, 1.165) is 71.6 Å². The number of aryl methyl sites for hydroxylation is 2. The molecule has 262 valence electrons. The van der Waals surface area contributed by atoms with Gasteiger partial charge in [-0.15, -0.1) is 11.3 Å². The van der Waals surface area contributed by atoms with Gasteiger partial charge in [0, 0.05) is 36.8 Å². The van der Waals surface area contributed by atoms with Gasteiger partial charge in [0.2, 0.25) is 0 Å². The molecule has 2 aromatic carbocycles. The molecule has 4 aliphatic rings. The average molecular weight is 716 g/mol. The van der Waals surface area contributed by atoms with E-state index >= 15 is 0 Å². The second-order valence-corrected chi connectivity index (χ2v) is 15.0. The lowest BCUT2D eigenvalue weighted by Gasteiger charge is -2.45. The smallest absolute Gasteiger partial charge is 0.348 e. The largest absolute Gasteiger partial charge is 0.493 e. The molecule has 0 radical (unpaired) electrons. The van der Waals surface area contributed by atoms with E-state index in [4.69, 9.17) is 30.5 Å². The molecule has 2 bridgehead atoms. The fourth-order valence-electron chi connectivity index (χ4n) is 7.65. The van der Waals surface area contributed by atoms with Crippen LogP contribution in [0.2, 0.25) is 5.02 Å². The van der Waals surface area contributed by atoms with E-state index in [0.29, 0.717) is 46.7 Å². The average Bonchev–Trinajstić information content (AvgIpc) is 3.78. The van der Waals surface area contributed by atoms with Crippen LogP contribution in [-0.4, -0.2) is 61.8 Å². The Morgan fingerprint density at radius 1 is 1.06 bits per heavy atom. The molecule has 4 aromatic rings. The summed E-state index contributed by atoms with van der Waals surface area (Å²) in [5, 5.41) is 4.12. The van der Waals surface area contributed by atoms with E-state index in [-0.39, 0.29) is 12.1 Å². The molecule has 9 nitrogen and oxygen atoms in total. The summed E-state index contributed by atoms with van der Waals surface area (Å²) >= 11 is 7.91. The number of carbonyl (C=O) groups excluding carboxylic acids is 2. The Morgan fingerprint density at radius 2 is 1.86 bits per heavy atom. The number of halogens is 1. The van der Waals surface area contributed by atoms with E-state index in [2.05, 4.69) is 21.3 Å². The zero-order valence-corrected chi connectivity index (χ0v) is 30.1. The molecule has 1 unspecified atom stereocenters. The highest BCUT2D eigenvalue weighted by molar-refractivity contribution is 7.13. The first-order chi connectivity index (χ1) is 24.3. The highest BCUT2D eigenvalue weighted by Gasteiger charge is 2.48. The third kappa shape index (κ3) is 6.86. The molecule has 3 atom stereocenters. The Kier molecular flexibility index (Phi) is 10.2. The van der Waals surface area contributed by atoms with Crippen molar-refractivity contribution >= 4 is 34.9 Å². The van der Waals surface area contributed by atoms with E-state index in [1.807, 2.05) is 43.3 Å². The summed E-state index contributed by atoms with van der Waals surface area (Å²) in [5.74, 6) is 0.865. The first kappa shape index (κ1) is 34.5. The maximum absolute atomic E-state index is 14.1. The van der Waals surface area contributed by atoms with Crippen molar-refractivity contribution in [2.45, 2.75) is 63.3 Å². The molecular weight excluding hydrogens is 674 g/mol. The Morgan fingerprint density at radius 3 is 2.60 bits per heavy atom. The van der Waals surface area contributed by atoms with Crippen LogP contribution < -0.4 is 14.8 Å². The topological polar surface area (TPSA) is 99.2 Å². The minimum absolute atomic E-state index is 0.0796. The highest BCUT2D eigenvalue weighted by atomic mass is 35.5. The number of methoxy groups -OCH3 is 2. The van der Waals surface area contributed by atoms with Crippen LogP contribution in [-0.2, 0) is 39.2 Å². The summed E-state index contributed by atoms with van der Waals surface area (Å²) in [4.78, 5) is 35.8. The molecule has 0 saturated carbocycles. The number of aromatic nitrogens is 1. The lowest BCUT2D eigenvalue weighted by atomic mass is 9.85. The fourth-order valence-corrected chi connectivity index (χ4v) is 8.77. The number of pyridine rings is 1. The van der Waals surface area contributed by atoms with Crippen molar-refractivity contribution in [2.24, 2.45) is 5.92 Å². The van der Waals surface area contributed by atoms with Crippen molar-refractivity contribution in [3.8, 4) is 11.5 Å². The van der Waals surface area contributed by atoms with Crippen molar-refractivity contribution in [1.29, 1.82) is 0 Å². The van der Waals surface area contributed by atoms with Crippen molar-refractivity contribution in [1.82, 2.24) is 15.2 Å². The highest BCUT2D eigenvalue weighted by Crippen LogP contribution is 2.41. The SMILES string of the molecule is COc1ccc([C@H](Cc2c(C)cncc2Cl)OC(=O)c2ccc(CNC3(C(=O)O[C@H]4CN5CCC4CC5)CCc4ccccc43)s2)cc1OC. The van der Waals surface area contributed by atoms with Crippen molar-refractivity contribution in [3.05, 3.63) is 110 Å². The first-order valence-corrected chi connectivity index (χ1v) is 18.3. The quantitative estimate of drug-likeness (QED) is 0.158. The van der Waals surface area contributed by atoms with Crippen LogP contribution in [0, 0.1) is 12.8 Å². The Hall–Kier alpha value is -3.96. The van der Waals surface area contributed by atoms with Crippen LogP contribution in [0.25, 0.3) is 0 Å². The van der Waals surface area contributed by atoms with E-state index in [9.17, 15) is 9.59 Å². The monoisotopic (exact) mass is 715 g/mol. The van der Waals surface area contributed by atoms with Gasteiger partial charge in [-0.25, -0.2) is 9.59 Å². The predicted molar refractivity (Wildman–Crippen MR) is 192 cm³/mol. The van der Waals surface area contributed by atoms with Gasteiger partial charge in [0.25, 0.3) is 0 Å². The van der Waals surface area contributed by atoms with E-state index in [1.165, 1.54) is 11.3 Å². The molecule has 50 heavy (non-hydrogen) atoms. The van der Waals surface area contributed by atoms with Gasteiger partial charge >= 0.3 is 11.9 Å². The Labute approximate surface area is 301 Å². The van der Waals surface area contributed by atoms with Gasteiger partial charge < -0.3 is 18.9 Å². The molecule has 3 fully saturated rings. The summed E-state index contributed by atoms with van der Waals surface area (Å²) in [6, 6.07) is 17.3. The summed E-state index contributed by atoms with van der Waals surface area (Å²) in [5.41, 5.74) is 3.67. The molecule has 0 spiro atoms. The number of ether oxygens (including phenoxy) is 4. The molecule has 11 heteroatoms. The number of thiophene rings is 1. The van der Waals surface area contributed by atoms with Gasteiger partial charge in [0.15, 0.2) is 11.5 Å². The zero-order valence-electron chi connectivity index (χ0n) is 28.6. The fraction of sp³-hybridized carbons (Fsp3) is 0.410. The second-order valence-electron chi connectivity index (χ2n) is 13.4. The maximum atomic E-state index is 14.1. The van der Waals surface area contributed by atoms with Crippen LogP contribution >= 0.6 is 22.9 Å². The maximum Gasteiger partial charge on any atom is 0.348 e. The van der Waals surface area contributed by atoms with Crippen molar-refractivity contribution in [3.63, 3.8) is 0 Å². The minimum Gasteiger partial charge on any atom is -0.493 e. The molecule has 3 aliphatic heterocycles. The molecule has 1 N–H and O–H groups in total. The molecule has 1 aliphatic carbocycles. The van der Waals surface area contributed by atoms with Gasteiger partial charge in [-0.3, -0.25) is 15.2 Å². The number of nitrogens with one attached hydrogen (secondary N) is 1. The lowest BCUT2D eigenvalue weighted by Crippen LogP contribution is -2.55. The number of nitrogens with zero attached hydrogens (tertiary/aromatic N) is 2. The third-order valence-corrected chi connectivity index (χ3v) is 11.9. The molecule has 2 aromatic heterocycles. The predicted octanol–water partition coefficient (Wildman–Crippen LogP) is 6.83. The number of fused-ring (bicyclic) bond motifs is 4. The number of carbonyl (C=O) groups is 2. The number of hydrogen-bond acceptors (Lipinski definition) is 10. The summed E-state index contributed by atoms with van der Waals surface area (Å²) in [6.07, 6.45) is 6.51. The Bertz CT molecular complexity index is 1850. The Balaban J connectivity index is 1.09. The third-order valence-electron chi connectivity index (χ3n) is 10.5. The normalized spacial score (nSPS) is 22.8. The van der Waals surface area contributed by atoms with Crippen LogP contribution in [0.4, 0.5) is 0 Å². The van der Waals surface area contributed by atoms with Gasteiger partial charge in [-0.05, 0) is 104 Å². The van der Waals surface area contributed by atoms with Gasteiger partial charge in [0.1, 0.15) is 22.6 Å². The minimum atomic E-state index is -0.951. The summed E-state index contributed by atoms with van der Waals surface area (Å²) in [7, 11) is 3.15. The second kappa shape index (κ2) is 14.7. The van der Waals surface area contributed by atoms with Crippen molar-refractivity contribution in [2.75, 3.05) is 33.9 Å². The van der Waals surface area contributed by atoms with Gasteiger partial charge in [-0.1, -0.05) is 41.9 Å². The lowest BCUT2D eigenvalue weighted by molar-refractivity contribution is -0.167. The molecule has 5 heterocycles. The van der Waals surface area contributed by atoms with Gasteiger partial charge in [-0.2, -0.15) is 0 Å². The molecule has 0 amide bonds. The van der Waals surface area contributed by atoms with Crippen LogP contribution in [0.15, 0.2) is 67.0 Å². The van der Waals surface area contributed by atoms with Crippen LogP contribution in [0.1, 0.15) is 67.7 Å². The zero-order chi connectivity index (χ0) is 34.8. The molecule has 8 rings (SSSR count). The number of piperidine rings is 3. The molecular formula is C39H42ClN3O6S. The van der Waals surface area contributed by atoms with E-state index < -0.39 is 17.6 Å². The number of hydrogen-bond donors (Lipinski definition) is 1. The molecule has 3 saturated heterocycles. The summed E-state index contributed by atoms with van der Waals surface area (Å²) < 4.78 is 23.5. The van der Waals surface area contributed by atoms with E-state index in [1.54, 1.807) is 38.7 Å². The number of rotatable bonds is 12. The first-order valence-electron chi connectivity index (χ1n) is 17.2.